The summed E-state index contributed by atoms with van der Waals surface area (Å²) in [5.74, 6) is 0.249. The summed E-state index contributed by atoms with van der Waals surface area (Å²) in [5.41, 5.74) is 7.39. The predicted octanol–water partition coefficient (Wildman–Crippen LogP) is 2.22. The molecule has 1 aromatic rings. The van der Waals surface area contributed by atoms with E-state index < -0.39 is 0 Å². The maximum Gasteiger partial charge on any atom is 0.227 e. The summed E-state index contributed by atoms with van der Waals surface area (Å²) in [7, 11) is 3.36. The Bertz CT molecular complexity index is 663. The van der Waals surface area contributed by atoms with Crippen LogP contribution in [0.15, 0.2) is 18.2 Å². The van der Waals surface area contributed by atoms with Gasteiger partial charge in [-0.15, -0.1) is 12.4 Å². The van der Waals surface area contributed by atoms with Gasteiger partial charge in [-0.3, -0.25) is 9.59 Å². The number of benzene rings is 1. The number of amides is 2. The van der Waals surface area contributed by atoms with E-state index in [2.05, 4.69) is 0 Å². The second kappa shape index (κ2) is 8.73. The minimum Gasteiger partial charge on any atom is -0.495 e. The quantitative estimate of drug-likeness (QED) is 0.817. The summed E-state index contributed by atoms with van der Waals surface area (Å²) in [4.78, 5) is 28.6. The molecule has 1 atom stereocenters. The van der Waals surface area contributed by atoms with Crippen molar-refractivity contribution in [1.82, 2.24) is 4.90 Å². The van der Waals surface area contributed by atoms with Crippen LogP contribution in [-0.4, -0.2) is 50.5 Å². The lowest BCUT2D eigenvalue weighted by Gasteiger charge is -2.30. The maximum atomic E-state index is 12.8. The van der Waals surface area contributed by atoms with E-state index in [0.717, 1.165) is 11.3 Å². The molecule has 0 aromatic heterocycles. The van der Waals surface area contributed by atoms with Gasteiger partial charge in [0.1, 0.15) is 5.75 Å². The van der Waals surface area contributed by atoms with Crippen LogP contribution in [0.3, 0.4) is 0 Å². The summed E-state index contributed by atoms with van der Waals surface area (Å²) in [5, 5.41) is 0. The fourth-order valence-corrected chi connectivity index (χ4v) is 3.21. The van der Waals surface area contributed by atoms with Gasteiger partial charge >= 0.3 is 0 Å². The molecule has 2 amide bonds. The zero-order valence-corrected chi connectivity index (χ0v) is 17.1. The molecule has 26 heavy (non-hydrogen) atoms. The minimum absolute atomic E-state index is 0. The zero-order chi connectivity index (χ0) is 18.8. The molecule has 1 saturated heterocycles. The van der Waals surface area contributed by atoms with Gasteiger partial charge in [-0.25, -0.2) is 0 Å². The topological polar surface area (TPSA) is 75.9 Å². The Morgan fingerprint density at radius 2 is 2.08 bits per heavy atom. The molecular weight excluding hydrogens is 354 g/mol. The number of hydrogen-bond donors (Lipinski definition) is 1. The van der Waals surface area contributed by atoms with Gasteiger partial charge < -0.3 is 20.3 Å². The van der Waals surface area contributed by atoms with E-state index in [4.69, 9.17) is 10.5 Å². The molecule has 0 aliphatic carbocycles. The number of carbonyl (C=O) groups is 2. The van der Waals surface area contributed by atoms with Crippen LogP contribution in [0.4, 0.5) is 5.69 Å². The number of hydrogen-bond acceptors (Lipinski definition) is 4. The van der Waals surface area contributed by atoms with Crippen LogP contribution < -0.4 is 15.4 Å². The molecule has 6 nitrogen and oxygen atoms in total. The third-order valence-corrected chi connectivity index (χ3v) is 4.69. The minimum atomic E-state index is -0.337. The summed E-state index contributed by atoms with van der Waals surface area (Å²) < 4.78 is 5.38. The number of nitrogens with zero attached hydrogens (tertiary/aromatic N) is 2. The molecular formula is C19H30ClN3O3. The molecule has 1 aliphatic heterocycles. The van der Waals surface area contributed by atoms with Gasteiger partial charge in [0.25, 0.3) is 0 Å². The fourth-order valence-electron chi connectivity index (χ4n) is 3.21. The Balaban J connectivity index is 0.00000338. The highest BCUT2D eigenvalue weighted by molar-refractivity contribution is 6.01. The molecule has 1 fully saturated rings. The average molecular weight is 384 g/mol. The molecule has 0 saturated carbocycles. The highest BCUT2D eigenvalue weighted by Gasteiger charge is 2.38. The average Bonchev–Trinajstić information content (AvgIpc) is 2.95. The van der Waals surface area contributed by atoms with E-state index >= 15 is 0 Å². The van der Waals surface area contributed by atoms with Gasteiger partial charge in [0.15, 0.2) is 0 Å². The Kier molecular flexibility index (Phi) is 7.47. The highest BCUT2D eigenvalue weighted by Crippen LogP contribution is 2.34. The van der Waals surface area contributed by atoms with Crippen LogP contribution in [0.2, 0.25) is 0 Å². The summed E-state index contributed by atoms with van der Waals surface area (Å²) in [6.45, 7) is 7.47. The molecule has 1 unspecified atom stereocenters. The molecule has 1 aliphatic rings. The van der Waals surface area contributed by atoms with Crippen LogP contribution >= 0.6 is 12.4 Å². The summed E-state index contributed by atoms with van der Waals surface area (Å²) >= 11 is 0. The van der Waals surface area contributed by atoms with Gasteiger partial charge in [0, 0.05) is 26.6 Å². The van der Waals surface area contributed by atoms with Crippen LogP contribution in [0.5, 0.6) is 5.75 Å². The van der Waals surface area contributed by atoms with Crippen LogP contribution in [0, 0.1) is 18.3 Å². The number of halogens is 1. The second-order valence-electron chi connectivity index (χ2n) is 7.64. The largest absolute Gasteiger partial charge is 0.495 e. The third-order valence-electron chi connectivity index (χ3n) is 4.69. The van der Waals surface area contributed by atoms with Crippen molar-refractivity contribution in [2.45, 2.75) is 27.2 Å². The molecule has 1 aromatic carbocycles. The number of rotatable bonds is 6. The normalized spacial score (nSPS) is 17.1. The van der Waals surface area contributed by atoms with E-state index in [1.54, 1.807) is 24.0 Å². The molecule has 0 radical (unpaired) electrons. The Morgan fingerprint density at radius 1 is 1.42 bits per heavy atom. The molecule has 2 rings (SSSR count). The Morgan fingerprint density at radius 3 is 2.65 bits per heavy atom. The van der Waals surface area contributed by atoms with E-state index in [0.29, 0.717) is 25.4 Å². The van der Waals surface area contributed by atoms with Gasteiger partial charge in [0.05, 0.1) is 18.7 Å². The van der Waals surface area contributed by atoms with E-state index in [9.17, 15) is 9.59 Å². The first kappa shape index (κ1) is 22.3. The van der Waals surface area contributed by atoms with Crippen molar-refractivity contribution in [3.63, 3.8) is 0 Å². The number of nitrogens with two attached hydrogens (primary N) is 1. The van der Waals surface area contributed by atoms with Crippen molar-refractivity contribution >= 4 is 29.9 Å². The molecule has 0 spiro atoms. The van der Waals surface area contributed by atoms with Gasteiger partial charge in [-0.05, 0) is 36.6 Å². The third kappa shape index (κ3) is 4.89. The number of aryl methyl sites for hydroxylation is 1. The molecule has 2 N–H and O–H groups in total. The molecule has 1 heterocycles. The first-order valence-corrected chi connectivity index (χ1v) is 8.58. The first-order valence-electron chi connectivity index (χ1n) is 8.58. The zero-order valence-electron chi connectivity index (χ0n) is 16.2. The lowest BCUT2D eigenvalue weighted by Crippen LogP contribution is -2.42. The van der Waals surface area contributed by atoms with Crippen molar-refractivity contribution < 1.29 is 14.3 Å². The first-order chi connectivity index (χ1) is 11.7. The number of ether oxygens (including phenoxy) is 1. The molecule has 0 bridgehead atoms. The van der Waals surface area contributed by atoms with Gasteiger partial charge in [-0.2, -0.15) is 0 Å². The second-order valence-corrected chi connectivity index (χ2v) is 7.64. The number of carbonyl (C=O) groups excluding carboxylic acids is 2. The summed E-state index contributed by atoms with van der Waals surface area (Å²) in [6.07, 6.45) is 0.226. The SMILES string of the molecule is COc1ccc(C)cc1N1CC(C(=O)N(C)CC(C)(C)CN)CC1=O.Cl. The van der Waals surface area contributed by atoms with Crippen LogP contribution in [0.25, 0.3) is 0 Å². The number of anilines is 1. The lowest BCUT2D eigenvalue weighted by atomic mass is 9.92. The predicted molar refractivity (Wildman–Crippen MR) is 106 cm³/mol. The monoisotopic (exact) mass is 383 g/mol. The maximum absolute atomic E-state index is 12.8. The smallest absolute Gasteiger partial charge is 0.227 e. The van der Waals surface area contributed by atoms with E-state index in [-0.39, 0.29) is 42.0 Å². The Labute approximate surface area is 162 Å². The van der Waals surface area contributed by atoms with Crippen molar-refractivity contribution in [2.24, 2.45) is 17.1 Å². The lowest BCUT2D eigenvalue weighted by molar-refractivity contribution is -0.135. The Hall–Kier alpha value is -1.79. The van der Waals surface area contributed by atoms with Crippen molar-refractivity contribution in [2.75, 3.05) is 38.7 Å². The van der Waals surface area contributed by atoms with Crippen molar-refractivity contribution in [3.05, 3.63) is 23.8 Å². The van der Waals surface area contributed by atoms with Gasteiger partial charge in [-0.1, -0.05) is 19.9 Å². The van der Waals surface area contributed by atoms with Gasteiger partial charge in [0.2, 0.25) is 11.8 Å². The fraction of sp³-hybridized carbons (Fsp3) is 0.579. The van der Waals surface area contributed by atoms with E-state index in [1.165, 1.54) is 0 Å². The number of methoxy groups -OCH3 is 1. The standard InChI is InChI=1S/C19H29N3O3.ClH/c1-13-6-7-16(25-5)15(8-13)22-10-14(9-17(22)23)18(24)21(4)12-19(2,3)11-20;/h6-8,14H,9-12,20H2,1-5H3;1H. The van der Waals surface area contributed by atoms with Crippen LogP contribution in [-0.2, 0) is 9.59 Å². The summed E-state index contributed by atoms with van der Waals surface area (Å²) in [6, 6.07) is 5.71. The van der Waals surface area contributed by atoms with Crippen molar-refractivity contribution in [1.29, 1.82) is 0 Å². The van der Waals surface area contributed by atoms with Crippen molar-refractivity contribution in [3.8, 4) is 5.75 Å². The highest BCUT2D eigenvalue weighted by atomic mass is 35.5. The van der Waals surface area contributed by atoms with Crippen LogP contribution in [0.1, 0.15) is 25.8 Å². The molecule has 146 valence electrons. The molecule has 7 heteroatoms. The van der Waals surface area contributed by atoms with E-state index in [1.807, 2.05) is 39.0 Å².